The molecular weight excluding hydrogens is 428 g/mol. The molecule has 2 N–H and O–H groups in total. The standard InChI is InChI=1S/C23H22N4O6/c1-30-17-8-14-15(9-18(17)31-2)26-22-21(14)25-11-27(23(22)29)6-5-20(28)24-10-13-3-4-16-19(7-13)33-12-32-16/h3-4,7-9,11,26H,5-6,10,12H2,1-2H3,(H,24,28). The Bertz CT molecular complexity index is 1420. The number of hydrogen-bond acceptors (Lipinski definition) is 7. The SMILES string of the molecule is COc1cc2[nH]c3c(=O)n(CCC(=O)NCc4ccc5c(c4)OCO5)cnc3c2cc1OC. The topological polar surface area (TPSA) is 117 Å². The van der Waals surface area contributed by atoms with Crippen LogP contribution >= 0.6 is 0 Å². The number of methoxy groups -OCH3 is 2. The average Bonchev–Trinajstić information content (AvgIpc) is 3.45. The molecule has 170 valence electrons. The molecule has 0 spiro atoms. The second kappa shape index (κ2) is 8.38. The molecule has 0 unspecified atom stereocenters. The first kappa shape index (κ1) is 20.7. The number of carbonyl (C=O) groups excluding carboxylic acids is 1. The summed E-state index contributed by atoms with van der Waals surface area (Å²) in [6, 6.07) is 9.08. The number of rotatable bonds is 7. The van der Waals surface area contributed by atoms with E-state index in [0.717, 1.165) is 10.9 Å². The van der Waals surface area contributed by atoms with E-state index in [9.17, 15) is 9.59 Å². The van der Waals surface area contributed by atoms with Crippen molar-refractivity contribution in [3.8, 4) is 23.0 Å². The number of nitrogens with zero attached hydrogens (tertiary/aromatic N) is 2. The summed E-state index contributed by atoms with van der Waals surface area (Å²) in [4.78, 5) is 32.9. The van der Waals surface area contributed by atoms with E-state index in [1.807, 2.05) is 18.2 Å². The Balaban J connectivity index is 1.29. The summed E-state index contributed by atoms with van der Waals surface area (Å²) < 4.78 is 22.7. The quantitative estimate of drug-likeness (QED) is 0.444. The zero-order chi connectivity index (χ0) is 22.9. The number of carbonyl (C=O) groups is 1. The summed E-state index contributed by atoms with van der Waals surface area (Å²) in [5.74, 6) is 2.29. The highest BCUT2D eigenvalue weighted by molar-refractivity contribution is 6.05. The normalized spacial score (nSPS) is 12.3. The van der Waals surface area contributed by atoms with Gasteiger partial charge in [-0.1, -0.05) is 6.07 Å². The fraction of sp³-hybridized carbons (Fsp3) is 0.261. The number of fused-ring (bicyclic) bond motifs is 4. The maximum atomic E-state index is 13.0. The van der Waals surface area contributed by atoms with Crippen LogP contribution in [0, 0.1) is 0 Å². The minimum atomic E-state index is -0.252. The lowest BCUT2D eigenvalue weighted by molar-refractivity contribution is -0.121. The molecule has 4 aromatic rings. The lowest BCUT2D eigenvalue weighted by Gasteiger charge is -2.08. The van der Waals surface area contributed by atoms with Crippen LogP contribution in [-0.2, 0) is 17.9 Å². The first-order valence-electron chi connectivity index (χ1n) is 10.4. The third kappa shape index (κ3) is 3.79. The number of nitrogens with one attached hydrogen (secondary N) is 2. The van der Waals surface area contributed by atoms with Crippen LogP contribution in [0.25, 0.3) is 21.9 Å². The molecule has 10 heteroatoms. The van der Waals surface area contributed by atoms with E-state index in [1.54, 1.807) is 26.4 Å². The van der Waals surface area contributed by atoms with Crippen molar-refractivity contribution < 1.29 is 23.7 Å². The van der Waals surface area contributed by atoms with Crippen LogP contribution in [0.5, 0.6) is 23.0 Å². The van der Waals surface area contributed by atoms with Crippen molar-refractivity contribution in [2.45, 2.75) is 19.5 Å². The van der Waals surface area contributed by atoms with Gasteiger partial charge >= 0.3 is 0 Å². The van der Waals surface area contributed by atoms with Gasteiger partial charge in [-0.15, -0.1) is 0 Å². The fourth-order valence-electron chi connectivity index (χ4n) is 3.84. The molecule has 1 aliphatic heterocycles. The second-order valence-corrected chi connectivity index (χ2v) is 7.56. The van der Waals surface area contributed by atoms with E-state index in [4.69, 9.17) is 18.9 Å². The Morgan fingerprint density at radius 3 is 2.76 bits per heavy atom. The van der Waals surface area contributed by atoms with Gasteiger partial charge in [0.05, 0.1) is 26.1 Å². The maximum absolute atomic E-state index is 13.0. The van der Waals surface area contributed by atoms with Crippen LogP contribution in [-0.4, -0.2) is 41.5 Å². The zero-order valence-electron chi connectivity index (χ0n) is 18.1. The first-order chi connectivity index (χ1) is 16.1. The molecule has 0 bridgehead atoms. The van der Waals surface area contributed by atoms with Crippen LogP contribution in [0.2, 0.25) is 0 Å². The Morgan fingerprint density at radius 1 is 1.15 bits per heavy atom. The fourth-order valence-corrected chi connectivity index (χ4v) is 3.84. The van der Waals surface area contributed by atoms with Gasteiger partial charge in [-0.3, -0.25) is 14.2 Å². The number of aromatic nitrogens is 3. The average molecular weight is 450 g/mol. The van der Waals surface area contributed by atoms with E-state index in [2.05, 4.69) is 15.3 Å². The molecule has 1 amide bonds. The molecule has 5 rings (SSSR count). The number of aryl methyl sites for hydroxylation is 1. The predicted octanol–water partition coefficient (Wildman–Crippen LogP) is 2.33. The molecule has 0 aliphatic carbocycles. The third-order valence-electron chi connectivity index (χ3n) is 5.58. The minimum absolute atomic E-state index is 0.138. The van der Waals surface area contributed by atoms with Crippen LogP contribution in [0.1, 0.15) is 12.0 Å². The van der Waals surface area contributed by atoms with Crippen molar-refractivity contribution in [1.82, 2.24) is 19.9 Å². The van der Waals surface area contributed by atoms with Gasteiger partial charge in [0.15, 0.2) is 23.0 Å². The third-order valence-corrected chi connectivity index (χ3v) is 5.58. The highest BCUT2D eigenvalue weighted by atomic mass is 16.7. The monoisotopic (exact) mass is 450 g/mol. The van der Waals surface area contributed by atoms with E-state index in [-0.39, 0.29) is 31.2 Å². The van der Waals surface area contributed by atoms with Gasteiger partial charge < -0.3 is 29.2 Å². The largest absolute Gasteiger partial charge is 0.493 e. The van der Waals surface area contributed by atoms with Crippen LogP contribution in [0.15, 0.2) is 41.5 Å². The van der Waals surface area contributed by atoms with Gasteiger partial charge in [-0.05, 0) is 23.8 Å². The van der Waals surface area contributed by atoms with Crippen molar-refractivity contribution in [2.24, 2.45) is 0 Å². The number of hydrogen-bond donors (Lipinski definition) is 2. The summed E-state index contributed by atoms with van der Waals surface area (Å²) in [6.45, 7) is 0.764. The van der Waals surface area contributed by atoms with E-state index >= 15 is 0 Å². The molecule has 0 atom stereocenters. The highest BCUT2D eigenvalue weighted by Gasteiger charge is 2.16. The molecule has 0 fully saturated rings. The smallest absolute Gasteiger partial charge is 0.277 e. The van der Waals surface area contributed by atoms with Gasteiger partial charge in [0.1, 0.15) is 11.0 Å². The number of ether oxygens (including phenoxy) is 4. The molecular formula is C23H22N4O6. The Hall–Kier alpha value is -4.21. The number of benzene rings is 2. The summed E-state index contributed by atoms with van der Waals surface area (Å²) in [5, 5.41) is 3.61. The van der Waals surface area contributed by atoms with E-state index in [0.29, 0.717) is 46.1 Å². The van der Waals surface area contributed by atoms with Gasteiger partial charge in [0, 0.05) is 31.0 Å². The van der Waals surface area contributed by atoms with E-state index < -0.39 is 0 Å². The molecule has 2 aromatic heterocycles. The molecule has 10 nitrogen and oxygen atoms in total. The molecule has 0 saturated carbocycles. The Morgan fingerprint density at radius 2 is 1.94 bits per heavy atom. The summed E-state index contributed by atoms with van der Waals surface area (Å²) >= 11 is 0. The van der Waals surface area contributed by atoms with Gasteiger partial charge in [0.25, 0.3) is 5.56 Å². The minimum Gasteiger partial charge on any atom is -0.493 e. The summed E-state index contributed by atoms with van der Waals surface area (Å²) in [5.41, 5.74) is 2.27. The van der Waals surface area contributed by atoms with Crippen LogP contribution < -0.4 is 29.8 Å². The lowest BCUT2D eigenvalue weighted by atomic mass is 10.2. The Labute approximate surface area is 188 Å². The van der Waals surface area contributed by atoms with Crippen molar-refractivity contribution in [3.63, 3.8) is 0 Å². The van der Waals surface area contributed by atoms with Crippen molar-refractivity contribution in [3.05, 3.63) is 52.6 Å². The zero-order valence-corrected chi connectivity index (χ0v) is 18.1. The summed E-state index contributed by atoms with van der Waals surface area (Å²) in [6.07, 6.45) is 1.60. The van der Waals surface area contributed by atoms with E-state index in [1.165, 1.54) is 10.9 Å². The van der Waals surface area contributed by atoms with Crippen molar-refractivity contribution >= 4 is 27.8 Å². The van der Waals surface area contributed by atoms with Crippen molar-refractivity contribution in [2.75, 3.05) is 21.0 Å². The van der Waals surface area contributed by atoms with Crippen LogP contribution in [0.3, 0.4) is 0 Å². The molecule has 0 radical (unpaired) electrons. The molecule has 33 heavy (non-hydrogen) atoms. The number of amides is 1. The van der Waals surface area contributed by atoms with Crippen molar-refractivity contribution in [1.29, 1.82) is 0 Å². The molecule has 1 aliphatic rings. The highest BCUT2D eigenvalue weighted by Crippen LogP contribution is 2.34. The molecule has 2 aromatic carbocycles. The molecule has 3 heterocycles. The number of H-pyrrole nitrogens is 1. The van der Waals surface area contributed by atoms with Gasteiger partial charge in [-0.25, -0.2) is 4.98 Å². The van der Waals surface area contributed by atoms with Gasteiger partial charge in [0.2, 0.25) is 12.7 Å². The first-order valence-corrected chi connectivity index (χ1v) is 10.4. The number of aromatic amines is 1. The van der Waals surface area contributed by atoms with Gasteiger partial charge in [-0.2, -0.15) is 0 Å². The lowest BCUT2D eigenvalue weighted by Crippen LogP contribution is -2.27. The molecule has 0 saturated heterocycles. The maximum Gasteiger partial charge on any atom is 0.277 e. The second-order valence-electron chi connectivity index (χ2n) is 7.56. The Kier molecular flexibility index (Phi) is 5.25. The predicted molar refractivity (Wildman–Crippen MR) is 120 cm³/mol. The summed E-state index contributed by atoms with van der Waals surface area (Å²) in [7, 11) is 3.10. The van der Waals surface area contributed by atoms with Crippen LogP contribution in [0.4, 0.5) is 0 Å².